The van der Waals surface area contributed by atoms with Crippen molar-refractivity contribution in [3.63, 3.8) is 0 Å². The Labute approximate surface area is 132 Å². The summed E-state index contributed by atoms with van der Waals surface area (Å²) >= 11 is 0. The molecule has 0 aliphatic carbocycles. The number of amides is 1. The van der Waals surface area contributed by atoms with Gasteiger partial charge in [0.25, 0.3) is 5.91 Å². The molecule has 2 rings (SSSR count). The Kier molecular flexibility index (Phi) is 5.58. The van der Waals surface area contributed by atoms with Gasteiger partial charge in [-0.15, -0.1) is 0 Å². The molecule has 0 bridgehead atoms. The summed E-state index contributed by atoms with van der Waals surface area (Å²) in [6.45, 7) is 5.14. The van der Waals surface area contributed by atoms with Crippen molar-refractivity contribution in [2.75, 3.05) is 13.1 Å². The molecule has 0 saturated carbocycles. The smallest absolute Gasteiger partial charge is 0.251 e. The van der Waals surface area contributed by atoms with E-state index in [4.69, 9.17) is 0 Å². The SMILES string of the molecule is CCC[C@@H](C)NC(=O)c1cccc(S(=O)(=O)N2CCCC2)c1. The van der Waals surface area contributed by atoms with Crippen LogP contribution in [0.25, 0.3) is 0 Å². The van der Waals surface area contributed by atoms with Crippen LogP contribution in [0.2, 0.25) is 0 Å². The standard InChI is InChI=1S/C16H24N2O3S/c1-3-7-13(2)17-16(19)14-8-6-9-15(12-14)22(20,21)18-10-4-5-11-18/h6,8-9,12-13H,3-5,7,10-11H2,1-2H3,(H,17,19)/t13-/m1/s1. The van der Waals surface area contributed by atoms with Crippen LogP contribution in [0.3, 0.4) is 0 Å². The number of nitrogens with zero attached hydrogens (tertiary/aromatic N) is 1. The number of nitrogens with one attached hydrogen (secondary N) is 1. The Bertz CT molecular complexity index is 622. The predicted molar refractivity (Wildman–Crippen MR) is 86.3 cm³/mol. The van der Waals surface area contributed by atoms with E-state index in [9.17, 15) is 13.2 Å². The van der Waals surface area contributed by atoms with Crippen LogP contribution >= 0.6 is 0 Å². The van der Waals surface area contributed by atoms with E-state index in [1.807, 2.05) is 6.92 Å². The first-order valence-electron chi connectivity index (χ1n) is 7.86. The van der Waals surface area contributed by atoms with Gasteiger partial charge in [-0.05, 0) is 44.4 Å². The van der Waals surface area contributed by atoms with Crippen LogP contribution in [0.15, 0.2) is 29.2 Å². The minimum Gasteiger partial charge on any atom is -0.350 e. The van der Waals surface area contributed by atoms with Crippen LogP contribution in [0.5, 0.6) is 0 Å². The van der Waals surface area contributed by atoms with Gasteiger partial charge in [0.15, 0.2) is 0 Å². The molecule has 5 nitrogen and oxygen atoms in total. The summed E-state index contributed by atoms with van der Waals surface area (Å²) in [4.78, 5) is 12.4. The monoisotopic (exact) mass is 324 g/mol. The molecule has 1 aliphatic heterocycles. The number of rotatable bonds is 6. The lowest BCUT2D eigenvalue weighted by Crippen LogP contribution is -2.32. The van der Waals surface area contributed by atoms with Crippen LogP contribution in [-0.2, 0) is 10.0 Å². The minimum absolute atomic E-state index is 0.0799. The Morgan fingerprint density at radius 1 is 1.32 bits per heavy atom. The Hall–Kier alpha value is -1.40. The average molecular weight is 324 g/mol. The molecule has 122 valence electrons. The van der Waals surface area contributed by atoms with Crippen LogP contribution < -0.4 is 5.32 Å². The molecule has 6 heteroatoms. The van der Waals surface area contributed by atoms with Crippen molar-refractivity contribution in [3.8, 4) is 0 Å². The molecule has 0 unspecified atom stereocenters. The van der Waals surface area contributed by atoms with Crippen LogP contribution in [0, 0.1) is 0 Å². The van der Waals surface area contributed by atoms with Crippen molar-refractivity contribution >= 4 is 15.9 Å². The lowest BCUT2D eigenvalue weighted by Gasteiger charge is -2.16. The van der Waals surface area contributed by atoms with Crippen LogP contribution in [0.4, 0.5) is 0 Å². The van der Waals surface area contributed by atoms with E-state index >= 15 is 0 Å². The van der Waals surface area contributed by atoms with Gasteiger partial charge in [-0.25, -0.2) is 8.42 Å². The second-order valence-corrected chi connectivity index (χ2v) is 7.74. The van der Waals surface area contributed by atoms with Gasteiger partial charge in [0.1, 0.15) is 0 Å². The van der Waals surface area contributed by atoms with Crippen molar-refractivity contribution in [3.05, 3.63) is 29.8 Å². The molecule has 22 heavy (non-hydrogen) atoms. The van der Waals surface area contributed by atoms with E-state index in [1.54, 1.807) is 18.2 Å². The fourth-order valence-electron chi connectivity index (χ4n) is 2.69. The van der Waals surface area contributed by atoms with E-state index in [-0.39, 0.29) is 16.8 Å². The first-order chi connectivity index (χ1) is 10.4. The highest BCUT2D eigenvalue weighted by molar-refractivity contribution is 7.89. The highest BCUT2D eigenvalue weighted by atomic mass is 32.2. The van der Waals surface area contributed by atoms with E-state index in [0.717, 1.165) is 25.7 Å². The fraction of sp³-hybridized carbons (Fsp3) is 0.562. The molecule has 1 atom stereocenters. The molecule has 1 aliphatic rings. The number of hydrogen-bond acceptors (Lipinski definition) is 3. The van der Waals surface area contributed by atoms with E-state index in [0.29, 0.717) is 18.7 Å². The van der Waals surface area contributed by atoms with E-state index in [2.05, 4.69) is 12.2 Å². The molecule has 1 aromatic carbocycles. The summed E-state index contributed by atoms with van der Waals surface area (Å²) in [5.74, 6) is -0.223. The third kappa shape index (κ3) is 3.87. The van der Waals surface area contributed by atoms with Gasteiger partial charge in [0.2, 0.25) is 10.0 Å². The highest BCUT2D eigenvalue weighted by Crippen LogP contribution is 2.21. The molecule has 1 aromatic rings. The quantitative estimate of drug-likeness (QED) is 0.874. The summed E-state index contributed by atoms with van der Waals surface area (Å²) in [7, 11) is -3.48. The number of carbonyl (C=O) groups is 1. The number of hydrogen-bond donors (Lipinski definition) is 1. The van der Waals surface area contributed by atoms with Crippen molar-refractivity contribution in [2.45, 2.75) is 50.5 Å². The first kappa shape index (κ1) is 17.0. The Morgan fingerprint density at radius 2 is 2.00 bits per heavy atom. The van der Waals surface area contributed by atoms with Crippen LogP contribution in [0.1, 0.15) is 49.9 Å². The number of benzene rings is 1. The molecule has 1 heterocycles. The molecule has 0 radical (unpaired) electrons. The zero-order valence-corrected chi connectivity index (χ0v) is 14.0. The van der Waals surface area contributed by atoms with E-state index in [1.165, 1.54) is 10.4 Å². The summed E-state index contributed by atoms with van der Waals surface area (Å²) in [5, 5.41) is 2.90. The Morgan fingerprint density at radius 3 is 2.64 bits per heavy atom. The van der Waals surface area contributed by atoms with Gasteiger partial charge in [0, 0.05) is 24.7 Å². The molecular formula is C16H24N2O3S. The molecule has 1 N–H and O–H groups in total. The summed E-state index contributed by atoms with van der Waals surface area (Å²) in [6, 6.07) is 6.39. The van der Waals surface area contributed by atoms with Gasteiger partial charge >= 0.3 is 0 Å². The van der Waals surface area contributed by atoms with Gasteiger partial charge < -0.3 is 5.32 Å². The van der Waals surface area contributed by atoms with Gasteiger partial charge in [-0.1, -0.05) is 19.4 Å². The van der Waals surface area contributed by atoms with Crippen molar-refractivity contribution in [2.24, 2.45) is 0 Å². The Balaban J connectivity index is 2.17. The normalized spacial score (nSPS) is 17.4. The van der Waals surface area contributed by atoms with Crippen LogP contribution in [-0.4, -0.2) is 37.8 Å². The molecule has 1 amide bonds. The van der Waals surface area contributed by atoms with Gasteiger partial charge in [0.05, 0.1) is 4.90 Å². The predicted octanol–water partition coefficient (Wildman–Crippen LogP) is 2.39. The van der Waals surface area contributed by atoms with Crippen molar-refractivity contribution in [1.82, 2.24) is 9.62 Å². The lowest BCUT2D eigenvalue weighted by atomic mass is 10.1. The lowest BCUT2D eigenvalue weighted by molar-refractivity contribution is 0.0938. The maximum absolute atomic E-state index is 12.5. The van der Waals surface area contributed by atoms with Crippen molar-refractivity contribution in [1.29, 1.82) is 0 Å². The number of sulfonamides is 1. The maximum atomic E-state index is 12.5. The van der Waals surface area contributed by atoms with E-state index < -0.39 is 10.0 Å². The fourth-order valence-corrected chi connectivity index (χ4v) is 4.25. The largest absolute Gasteiger partial charge is 0.350 e. The third-order valence-corrected chi connectivity index (χ3v) is 5.79. The minimum atomic E-state index is -3.48. The topological polar surface area (TPSA) is 66.5 Å². The van der Waals surface area contributed by atoms with Gasteiger partial charge in [-0.3, -0.25) is 4.79 Å². The zero-order valence-electron chi connectivity index (χ0n) is 13.2. The second kappa shape index (κ2) is 7.24. The first-order valence-corrected chi connectivity index (χ1v) is 9.30. The highest BCUT2D eigenvalue weighted by Gasteiger charge is 2.27. The average Bonchev–Trinajstić information content (AvgIpc) is 3.02. The molecule has 1 fully saturated rings. The molecular weight excluding hydrogens is 300 g/mol. The maximum Gasteiger partial charge on any atom is 0.251 e. The zero-order chi connectivity index (χ0) is 16.2. The second-order valence-electron chi connectivity index (χ2n) is 5.80. The van der Waals surface area contributed by atoms with Gasteiger partial charge in [-0.2, -0.15) is 4.31 Å². The van der Waals surface area contributed by atoms with Crippen molar-refractivity contribution < 1.29 is 13.2 Å². The summed E-state index contributed by atoms with van der Waals surface area (Å²) < 4.78 is 26.5. The molecule has 0 spiro atoms. The molecule has 1 saturated heterocycles. The summed E-state index contributed by atoms with van der Waals surface area (Å²) in [5.41, 5.74) is 0.392. The molecule has 0 aromatic heterocycles. The third-order valence-electron chi connectivity index (χ3n) is 3.90. The number of carbonyl (C=O) groups excluding carboxylic acids is 1. The summed E-state index contributed by atoms with van der Waals surface area (Å²) in [6.07, 6.45) is 3.68.